The van der Waals surface area contributed by atoms with Gasteiger partial charge in [-0.25, -0.2) is 4.79 Å². The first-order valence-electron chi connectivity index (χ1n) is 3.00. The normalized spacial score (nSPS) is 10.9. The topological polar surface area (TPSA) is 133 Å². The van der Waals surface area contributed by atoms with Crippen LogP contribution in [0.3, 0.4) is 0 Å². The molecule has 0 aromatic heterocycles. The summed E-state index contributed by atoms with van der Waals surface area (Å²) in [5.74, 6) is -1.12. The summed E-state index contributed by atoms with van der Waals surface area (Å²) in [4.78, 5) is 36.8. The monoisotopic (exact) mass is 213 g/mol. The summed E-state index contributed by atoms with van der Waals surface area (Å²) in [6.45, 7) is -0.572. The van der Waals surface area contributed by atoms with E-state index < -0.39 is 32.6 Å². The Morgan fingerprint density at radius 3 is 2.31 bits per heavy atom. The van der Waals surface area contributed by atoms with Gasteiger partial charge in [0.1, 0.15) is 0 Å². The predicted molar refractivity (Wildman–Crippen MR) is 39.0 cm³/mol. The molecule has 0 saturated carbocycles. The van der Waals surface area contributed by atoms with Gasteiger partial charge in [-0.2, -0.15) is 0 Å². The van der Waals surface area contributed by atoms with Gasteiger partial charge in [-0.1, -0.05) is 0 Å². The van der Waals surface area contributed by atoms with Gasteiger partial charge in [0.25, 0.3) is 0 Å². The first-order valence-corrected chi connectivity index (χ1v) is 4.80. The van der Waals surface area contributed by atoms with E-state index in [0.717, 1.165) is 0 Å². The molecule has 0 aliphatic rings. The molecule has 0 aliphatic heterocycles. The molecular formula is C4H8NO7P. The summed E-state index contributed by atoms with van der Waals surface area (Å²) >= 11 is 0. The smallest absolute Gasteiger partial charge is 0.449 e. The first-order chi connectivity index (χ1) is 5.81. The number of carbonyl (C=O) groups is 2. The molecule has 0 fully saturated rings. The molecule has 76 valence electrons. The van der Waals surface area contributed by atoms with Gasteiger partial charge in [-0.05, 0) is 0 Å². The van der Waals surface area contributed by atoms with Crippen molar-refractivity contribution in [1.82, 2.24) is 5.32 Å². The van der Waals surface area contributed by atoms with Crippen LogP contribution in [-0.4, -0.2) is 39.8 Å². The van der Waals surface area contributed by atoms with Crippen molar-refractivity contribution in [2.75, 3.05) is 12.8 Å². The fraction of sp³-hybridized carbons (Fsp3) is 0.500. The Morgan fingerprint density at radius 1 is 1.38 bits per heavy atom. The van der Waals surface area contributed by atoms with E-state index in [9.17, 15) is 14.2 Å². The van der Waals surface area contributed by atoms with E-state index in [1.165, 1.54) is 0 Å². The van der Waals surface area contributed by atoms with Crippen molar-refractivity contribution in [1.29, 1.82) is 0 Å². The summed E-state index contributed by atoms with van der Waals surface area (Å²) in [6, 6.07) is 0. The lowest BCUT2D eigenvalue weighted by atomic mass is 10.7. The standard InChI is InChI=1S/C4H8NO7P/c6-3(12-4(7)8)1-5-2-13(9,10)11/h5H,1-2H2,(H,7,8)(H2,9,10,11). The third-order valence-corrected chi connectivity index (χ3v) is 1.42. The average Bonchev–Trinajstić information content (AvgIpc) is 1.81. The minimum Gasteiger partial charge on any atom is -0.449 e. The minimum absolute atomic E-state index is 0.572. The molecule has 0 atom stereocenters. The Hall–Kier alpha value is -0.950. The second-order valence-electron chi connectivity index (χ2n) is 1.99. The molecule has 0 unspecified atom stereocenters. The van der Waals surface area contributed by atoms with Crippen LogP contribution in [0.2, 0.25) is 0 Å². The number of rotatable bonds is 4. The Balaban J connectivity index is 3.60. The summed E-state index contributed by atoms with van der Waals surface area (Å²) in [5.41, 5.74) is 0. The van der Waals surface area contributed by atoms with E-state index in [1.54, 1.807) is 0 Å². The zero-order chi connectivity index (χ0) is 10.5. The second-order valence-corrected chi connectivity index (χ2v) is 3.64. The lowest BCUT2D eigenvalue weighted by Gasteiger charge is -2.03. The lowest BCUT2D eigenvalue weighted by Crippen LogP contribution is -2.26. The van der Waals surface area contributed by atoms with E-state index in [4.69, 9.17) is 14.9 Å². The van der Waals surface area contributed by atoms with Crippen LogP contribution in [0.15, 0.2) is 0 Å². The van der Waals surface area contributed by atoms with Crippen molar-refractivity contribution in [3.63, 3.8) is 0 Å². The number of ether oxygens (including phenoxy) is 1. The van der Waals surface area contributed by atoms with E-state index in [2.05, 4.69) is 4.74 Å². The van der Waals surface area contributed by atoms with Crippen LogP contribution < -0.4 is 5.32 Å². The minimum atomic E-state index is -4.22. The molecular weight excluding hydrogens is 205 g/mol. The molecule has 0 saturated heterocycles. The SMILES string of the molecule is O=C(O)OC(=O)CNCP(=O)(O)O. The van der Waals surface area contributed by atoms with E-state index in [1.807, 2.05) is 5.32 Å². The maximum Gasteiger partial charge on any atom is 0.513 e. The fourth-order valence-electron chi connectivity index (χ4n) is 0.437. The van der Waals surface area contributed by atoms with Crippen molar-refractivity contribution in [2.24, 2.45) is 0 Å². The molecule has 0 radical (unpaired) electrons. The summed E-state index contributed by atoms with van der Waals surface area (Å²) in [5, 5.41) is 9.95. The predicted octanol–water partition coefficient (Wildman–Crippen LogP) is -1.07. The fourth-order valence-corrected chi connectivity index (χ4v) is 0.840. The van der Waals surface area contributed by atoms with Gasteiger partial charge in [0.2, 0.25) is 0 Å². The molecule has 0 aliphatic carbocycles. The van der Waals surface area contributed by atoms with E-state index >= 15 is 0 Å². The van der Waals surface area contributed by atoms with Crippen LogP contribution >= 0.6 is 7.60 Å². The van der Waals surface area contributed by atoms with Gasteiger partial charge >= 0.3 is 19.7 Å². The van der Waals surface area contributed by atoms with E-state index in [-0.39, 0.29) is 0 Å². The van der Waals surface area contributed by atoms with Crippen LogP contribution in [0, 0.1) is 0 Å². The van der Waals surface area contributed by atoms with Gasteiger partial charge in [0, 0.05) is 0 Å². The number of hydrogen-bond acceptors (Lipinski definition) is 5. The molecule has 0 spiro atoms. The molecule has 4 N–H and O–H groups in total. The Bertz CT molecular complexity index is 245. The third-order valence-electron chi connectivity index (χ3n) is 0.788. The Kier molecular flexibility index (Phi) is 4.57. The van der Waals surface area contributed by atoms with Gasteiger partial charge in [-0.3, -0.25) is 14.7 Å². The van der Waals surface area contributed by atoms with E-state index in [0.29, 0.717) is 0 Å². The molecule has 0 bridgehead atoms. The van der Waals surface area contributed by atoms with Crippen molar-refractivity contribution in [3.05, 3.63) is 0 Å². The molecule has 9 heteroatoms. The number of hydrogen-bond donors (Lipinski definition) is 4. The molecule has 0 aromatic rings. The molecule has 13 heavy (non-hydrogen) atoms. The first kappa shape index (κ1) is 12.0. The number of nitrogens with one attached hydrogen (secondary N) is 1. The highest BCUT2D eigenvalue weighted by Crippen LogP contribution is 2.31. The van der Waals surface area contributed by atoms with Crippen LogP contribution in [-0.2, 0) is 14.1 Å². The highest BCUT2D eigenvalue weighted by Gasteiger charge is 2.14. The van der Waals surface area contributed by atoms with Crippen molar-refractivity contribution < 1.29 is 33.8 Å². The molecule has 8 nitrogen and oxygen atoms in total. The number of carboxylic acid groups (broad SMARTS) is 1. The van der Waals surface area contributed by atoms with Gasteiger partial charge in [0.05, 0.1) is 12.8 Å². The number of carbonyl (C=O) groups excluding carboxylic acids is 1. The Morgan fingerprint density at radius 2 is 1.92 bits per heavy atom. The summed E-state index contributed by atoms with van der Waals surface area (Å²) < 4.78 is 13.8. The van der Waals surface area contributed by atoms with Crippen LogP contribution in [0.5, 0.6) is 0 Å². The lowest BCUT2D eigenvalue weighted by molar-refractivity contribution is -0.137. The van der Waals surface area contributed by atoms with Gasteiger partial charge in [-0.15, -0.1) is 0 Å². The largest absolute Gasteiger partial charge is 0.513 e. The molecule has 0 amide bonds. The second kappa shape index (κ2) is 4.93. The quantitative estimate of drug-likeness (QED) is 0.263. The van der Waals surface area contributed by atoms with Crippen molar-refractivity contribution >= 4 is 19.7 Å². The highest BCUT2D eigenvalue weighted by molar-refractivity contribution is 7.51. The number of esters is 1. The van der Waals surface area contributed by atoms with Gasteiger partial charge < -0.3 is 19.6 Å². The van der Waals surface area contributed by atoms with Crippen molar-refractivity contribution in [2.45, 2.75) is 0 Å². The summed E-state index contributed by atoms with van der Waals surface area (Å²) in [6.07, 6.45) is -2.47. The average molecular weight is 213 g/mol. The van der Waals surface area contributed by atoms with Crippen LogP contribution in [0.25, 0.3) is 0 Å². The zero-order valence-electron chi connectivity index (χ0n) is 6.34. The van der Waals surface area contributed by atoms with Crippen LogP contribution in [0.4, 0.5) is 4.79 Å². The summed E-state index contributed by atoms with van der Waals surface area (Å²) in [7, 11) is -4.22. The molecule has 0 rings (SSSR count). The maximum absolute atomic E-state index is 10.4. The third kappa shape index (κ3) is 8.96. The Labute approximate surface area is 72.7 Å². The molecule has 0 aromatic carbocycles. The zero-order valence-corrected chi connectivity index (χ0v) is 7.23. The maximum atomic E-state index is 10.4. The van der Waals surface area contributed by atoms with Crippen molar-refractivity contribution in [3.8, 4) is 0 Å². The highest BCUT2D eigenvalue weighted by atomic mass is 31.2. The van der Waals surface area contributed by atoms with Crippen LogP contribution in [0.1, 0.15) is 0 Å². The van der Waals surface area contributed by atoms with Gasteiger partial charge in [0.15, 0.2) is 0 Å². The molecule has 0 heterocycles.